The van der Waals surface area contributed by atoms with Gasteiger partial charge in [0, 0.05) is 32.2 Å². The van der Waals surface area contributed by atoms with Crippen LogP contribution in [0, 0.1) is 22.7 Å². The van der Waals surface area contributed by atoms with Gasteiger partial charge in [-0.3, -0.25) is 4.90 Å². The standard InChI is InChI=1S/C23H23ClN10O/c24-20-18(7-14(9-25)8-19(20)33-4-3-32-5-6-35-13-17(32)12-33)29-23-30-21(28-15-1-2-15)22-27-11-16(10-26)34(22)31-23/h7-8,11,15,17H,1-6,12-13H2,(H2,28,29,30,31)/t17-/m1/s1. The van der Waals surface area contributed by atoms with Crippen LogP contribution >= 0.6 is 11.6 Å². The molecule has 2 saturated heterocycles. The van der Waals surface area contributed by atoms with E-state index in [2.05, 4.69) is 47.6 Å². The van der Waals surface area contributed by atoms with Crippen molar-refractivity contribution in [3.8, 4) is 12.1 Å². The van der Waals surface area contributed by atoms with Gasteiger partial charge in [0.1, 0.15) is 6.07 Å². The van der Waals surface area contributed by atoms with Crippen molar-refractivity contribution in [2.45, 2.75) is 24.9 Å². The third-order valence-corrected chi connectivity index (χ3v) is 7.00. The van der Waals surface area contributed by atoms with Crippen molar-refractivity contribution in [2.75, 3.05) is 54.9 Å². The zero-order chi connectivity index (χ0) is 23.9. The number of ether oxygens (including phenoxy) is 1. The summed E-state index contributed by atoms with van der Waals surface area (Å²) in [4.78, 5) is 13.6. The summed E-state index contributed by atoms with van der Waals surface area (Å²) in [5.41, 5.74) is 2.58. The largest absolute Gasteiger partial charge is 0.378 e. The third-order valence-electron chi connectivity index (χ3n) is 6.60. The van der Waals surface area contributed by atoms with Crippen molar-refractivity contribution in [1.82, 2.24) is 24.5 Å². The van der Waals surface area contributed by atoms with Gasteiger partial charge in [-0.2, -0.15) is 20.0 Å². The molecule has 178 valence electrons. The Morgan fingerprint density at radius 3 is 2.83 bits per heavy atom. The predicted molar refractivity (Wildman–Crippen MR) is 130 cm³/mol. The Hall–Kier alpha value is -3.64. The van der Waals surface area contributed by atoms with Crippen molar-refractivity contribution in [3.63, 3.8) is 0 Å². The Labute approximate surface area is 206 Å². The van der Waals surface area contributed by atoms with Gasteiger partial charge in [-0.25, -0.2) is 4.98 Å². The van der Waals surface area contributed by atoms with Gasteiger partial charge in [0.25, 0.3) is 0 Å². The molecule has 11 nitrogen and oxygen atoms in total. The number of imidazole rings is 1. The van der Waals surface area contributed by atoms with Gasteiger partial charge in [0.05, 0.1) is 53.5 Å². The van der Waals surface area contributed by atoms with E-state index in [9.17, 15) is 10.5 Å². The number of benzene rings is 1. The number of anilines is 4. The van der Waals surface area contributed by atoms with E-state index < -0.39 is 0 Å². The van der Waals surface area contributed by atoms with Crippen LogP contribution in [0.3, 0.4) is 0 Å². The molecule has 6 rings (SSSR count). The van der Waals surface area contributed by atoms with Crippen LogP contribution in [0.4, 0.5) is 23.1 Å². The van der Waals surface area contributed by atoms with E-state index in [4.69, 9.17) is 16.3 Å². The average molecular weight is 491 g/mol. The molecule has 3 aromatic rings. The second-order valence-corrected chi connectivity index (χ2v) is 9.38. The molecule has 2 aromatic heterocycles. The summed E-state index contributed by atoms with van der Waals surface area (Å²) >= 11 is 6.88. The van der Waals surface area contributed by atoms with Crippen LogP contribution in [0.25, 0.3) is 5.65 Å². The van der Waals surface area contributed by atoms with Gasteiger partial charge < -0.3 is 20.3 Å². The van der Waals surface area contributed by atoms with Gasteiger partial charge in [-0.1, -0.05) is 11.6 Å². The van der Waals surface area contributed by atoms with Crippen molar-refractivity contribution < 1.29 is 4.74 Å². The van der Waals surface area contributed by atoms with Gasteiger partial charge >= 0.3 is 0 Å². The molecule has 1 saturated carbocycles. The highest BCUT2D eigenvalue weighted by Crippen LogP contribution is 2.37. The van der Waals surface area contributed by atoms with E-state index in [1.165, 1.54) is 10.7 Å². The fourth-order valence-corrected chi connectivity index (χ4v) is 4.88. The Morgan fingerprint density at radius 1 is 1.14 bits per heavy atom. The first-order valence-corrected chi connectivity index (χ1v) is 12.0. The molecule has 1 atom stereocenters. The van der Waals surface area contributed by atoms with E-state index >= 15 is 0 Å². The number of rotatable bonds is 5. The van der Waals surface area contributed by atoms with Crippen molar-refractivity contribution in [3.05, 3.63) is 34.6 Å². The molecule has 35 heavy (non-hydrogen) atoms. The second-order valence-electron chi connectivity index (χ2n) is 9.00. The molecule has 0 bridgehead atoms. The van der Waals surface area contributed by atoms with Crippen LogP contribution in [0.5, 0.6) is 0 Å². The summed E-state index contributed by atoms with van der Waals surface area (Å²) in [7, 11) is 0. The number of aromatic nitrogens is 4. The van der Waals surface area contributed by atoms with Crippen molar-refractivity contribution in [1.29, 1.82) is 10.5 Å². The summed E-state index contributed by atoms with van der Waals surface area (Å²) < 4.78 is 7.14. The number of morpholine rings is 1. The van der Waals surface area contributed by atoms with Crippen LogP contribution in [-0.2, 0) is 4.74 Å². The maximum absolute atomic E-state index is 9.70. The minimum atomic E-state index is 0.253. The molecule has 2 aliphatic heterocycles. The minimum absolute atomic E-state index is 0.253. The fraction of sp³-hybridized carbons (Fsp3) is 0.435. The molecule has 0 amide bonds. The Kier molecular flexibility index (Phi) is 5.53. The smallest absolute Gasteiger partial charge is 0.247 e. The topological polar surface area (TPSA) is 130 Å². The zero-order valence-electron chi connectivity index (χ0n) is 18.9. The fourth-order valence-electron chi connectivity index (χ4n) is 4.61. The molecule has 12 heteroatoms. The molecule has 3 aliphatic rings. The first-order chi connectivity index (χ1) is 17.1. The lowest BCUT2D eigenvalue weighted by molar-refractivity contribution is -0.0116. The van der Waals surface area contributed by atoms with Crippen LogP contribution in [0.1, 0.15) is 24.1 Å². The number of hydrogen-bond acceptors (Lipinski definition) is 10. The highest BCUT2D eigenvalue weighted by molar-refractivity contribution is 6.36. The summed E-state index contributed by atoms with van der Waals surface area (Å²) in [5.74, 6) is 0.802. The molecule has 4 heterocycles. The summed E-state index contributed by atoms with van der Waals surface area (Å²) in [6, 6.07) is 8.48. The third kappa shape index (κ3) is 4.19. The number of piperazine rings is 1. The van der Waals surface area contributed by atoms with E-state index in [0.717, 1.165) is 51.3 Å². The van der Waals surface area contributed by atoms with Gasteiger partial charge in [0.2, 0.25) is 5.95 Å². The van der Waals surface area contributed by atoms with Crippen molar-refractivity contribution in [2.24, 2.45) is 0 Å². The predicted octanol–water partition coefficient (Wildman–Crippen LogP) is 2.36. The van der Waals surface area contributed by atoms with E-state index in [0.29, 0.717) is 52.1 Å². The summed E-state index contributed by atoms with van der Waals surface area (Å²) in [5, 5.41) is 30.7. The number of hydrogen-bond donors (Lipinski definition) is 2. The maximum Gasteiger partial charge on any atom is 0.247 e. The van der Waals surface area contributed by atoms with Crippen molar-refractivity contribution >= 4 is 40.4 Å². The molecule has 2 N–H and O–H groups in total. The Morgan fingerprint density at radius 2 is 2.03 bits per heavy atom. The number of nitrogens with zero attached hydrogens (tertiary/aromatic N) is 8. The monoisotopic (exact) mass is 490 g/mol. The first-order valence-electron chi connectivity index (χ1n) is 11.6. The number of nitrogens with one attached hydrogen (secondary N) is 2. The summed E-state index contributed by atoms with van der Waals surface area (Å²) in [6.07, 6.45) is 3.59. The van der Waals surface area contributed by atoms with E-state index in [-0.39, 0.29) is 5.95 Å². The van der Waals surface area contributed by atoms with Gasteiger partial charge in [-0.05, 0) is 25.0 Å². The van der Waals surface area contributed by atoms with Crippen LogP contribution in [0.15, 0.2) is 18.3 Å². The summed E-state index contributed by atoms with van der Waals surface area (Å²) in [6.45, 7) is 4.88. The lowest BCUT2D eigenvalue weighted by atomic mass is 10.1. The Balaban J connectivity index is 1.35. The number of fused-ring (bicyclic) bond motifs is 2. The van der Waals surface area contributed by atoms with E-state index in [1.807, 2.05) is 6.07 Å². The van der Waals surface area contributed by atoms with Gasteiger partial charge in [0.15, 0.2) is 17.2 Å². The molecule has 0 radical (unpaired) electrons. The quantitative estimate of drug-likeness (QED) is 0.549. The van der Waals surface area contributed by atoms with E-state index in [1.54, 1.807) is 6.07 Å². The minimum Gasteiger partial charge on any atom is -0.378 e. The highest BCUT2D eigenvalue weighted by atomic mass is 35.5. The molecule has 3 fully saturated rings. The molecule has 0 spiro atoms. The molecular formula is C23H23ClN10O. The molecular weight excluding hydrogens is 468 g/mol. The van der Waals surface area contributed by atoms with Crippen LogP contribution in [0.2, 0.25) is 5.02 Å². The SMILES string of the molecule is N#Cc1cc(Nc2nc(NC3CC3)c3ncc(C#N)n3n2)c(Cl)c(N2CCN3CCOC[C@H]3C2)c1. The lowest BCUT2D eigenvalue weighted by Gasteiger charge is -2.44. The lowest BCUT2D eigenvalue weighted by Crippen LogP contribution is -2.58. The second kappa shape index (κ2) is 8.86. The normalized spacial score (nSPS) is 20.2. The van der Waals surface area contributed by atoms with Crippen LogP contribution in [-0.4, -0.2) is 76.0 Å². The van der Waals surface area contributed by atoms with Gasteiger partial charge in [-0.15, -0.1) is 5.10 Å². The molecule has 1 aromatic carbocycles. The number of nitriles is 2. The highest BCUT2D eigenvalue weighted by Gasteiger charge is 2.31. The maximum atomic E-state index is 9.70. The first kappa shape index (κ1) is 21.9. The van der Waals surface area contributed by atoms with Crippen LogP contribution < -0.4 is 15.5 Å². The molecule has 1 aliphatic carbocycles. The number of halogens is 1. The Bertz CT molecular complexity index is 1370. The average Bonchev–Trinajstić information content (AvgIpc) is 3.60. The zero-order valence-corrected chi connectivity index (χ0v) is 19.7. The molecule has 0 unspecified atom stereocenters.